The average molecular weight is 156 g/mol. The topological polar surface area (TPSA) is 55.1 Å². The standard InChI is InChI=1S/C8H16N2O/c1-8(10-7(9)11)5-3-2-4-6-8/h2-6H2,1H3,(H3,9,10,11). The Kier molecular flexibility index (Phi) is 2.37. The molecule has 0 heterocycles. The molecule has 0 aromatic rings. The molecule has 1 rings (SSSR count). The number of hydrogen-bond donors (Lipinski definition) is 2. The predicted octanol–water partition coefficient (Wildman–Crippen LogP) is 1.38. The first-order valence-electron chi connectivity index (χ1n) is 4.20. The van der Waals surface area contributed by atoms with E-state index < -0.39 is 6.03 Å². The van der Waals surface area contributed by atoms with Crippen LogP contribution < -0.4 is 11.1 Å². The molecule has 0 radical (unpaired) electrons. The van der Waals surface area contributed by atoms with E-state index in [-0.39, 0.29) is 5.54 Å². The normalized spacial score (nSPS) is 22.6. The number of amides is 2. The summed E-state index contributed by atoms with van der Waals surface area (Å²) in [6.07, 6.45) is 5.83. The molecule has 0 aromatic carbocycles. The molecule has 0 aromatic heterocycles. The molecule has 3 nitrogen and oxygen atoms in total. The van der Waals surface area contributed by atoms with Crippen LogP contribution in [0.15, 0.2) is 0 Å². The highest BCUT2D eigenvalue weighted by Gasteiger charge is 2.27. The molecule has 2 amide bonds. The van der Waals surface area contributed by atoms with E-state index in [4.69, 9.17) is 5.73 Å². The van der Waals surface area contributed by atoms with Crippen LogP contribution >= 0.6 is 0 Å². The Hall–Kier alpha value is -0.730. The first-order chi connectivity index (χ1) is 5.12. The van der Waals surface area contributed by atoms with Crippen LogP contribution in [0.1, 0.15) is 39.0 Å². The van der Waals surface area contributed by atoms with Crippen molar-refractivity contribution >= 4 is 6.03 Å². The van der Waals surface area contributed by atoms with Crippen molar-refractivity contribution in [3.63, 3.8) is 0 Å². The lowest BCUT2D eigenvalue weighted by Gasteiger charge is -2.33. The Bertz CT molecular complexity index is 150. The third kappa shape index (κ3) is 2.41. The fraction of sp³-hybridized carbons (Fsp3) is 0.875. The van der Waals surface area contributed by atoms with Crippen molar-refractivity contribution < 1.29 is 4.79 Å². The summed E-state index contributed by atoms with van der Waals surface area (Å²) in [7, 11) is 0. The van der Waals surface area contributed by atoms with Crippen LogP contribution in [0.3, 0.4) is 0 Å². The molecule has 1 fully saturated rings. The Balaban J connectivity index is 2.43. The lowest BCUT2D eigenvalue weighted by Crippen LogP contribution is -2.49. The van der Waals surface area contributed by atoms with Gasteiger partial charge in [-0.2, -0.15) is 0 Å². The summed E-state index contributed by atoms with van der Waals surface area (Å²) in [4.78, 5) is 10.6. The summed E-state index contributed by atoms with van der Waals surface area (Å²) in [5.41, 5.74) is 5.03. The van der Waals surface area contributed by atoms with Gasteiger partial charge in [-0.3, -0.25) is 0 Å². The van der Waals surface area contributed by atoms with Crippen molar-refractivity contribution in [3.8, 4) is 0 Å². The molecule has 1 aliphatic rings. The van der Waals surface area contributed by atoms with E-state index in [9.17, 15) is 4.79 Å². The summed E-state index contributed by atoms with van der Waals surface area (Å²) in [5, 5.41) is 2.80. The van der Waals surface area contributed by atoms with Gasteiger partial charge in [-0.1, -0.05) is 19.3 Å². The first-order valence-corrected chi connectivity index (χ1v) is 4.20. The van der Waals surface area contributed by atoms with Crippen molar-refractivity contribution in [1.29, 1.82) is 0 Å². The van der Waals surface area contributed by atoms with Crippen molar-refractivity contribution in [1.82, 2.24) is 5.32 Å². The van der Waals surface area contributed by atoms with Crippen molar-refractivity contribution in [3.05, 3.63) is 0 Å². The number of hydrogen-bond acceptors (Lipinski definition) is 1. The molecule has 0 bridgehead atoms. The second-order valence-corrected chi connectivity index (χ2v) is 3.61. The Morgan fingerprint density at radius 2 is 1.91 bits per heavy atom. The van der Waals surface area contributed by atoms with Crippen molar-refractivity contribution in [2.24, 2.45) is 5.73 Å². The number of carbonyl (C=O) groups is 1. The monoisotopic (exact) mass is 156 g/mol. The smallest absolute Gasteiger partial charge is 0.312 e. The lowest BCUT2D eigenvalue weighted by atomic mass is 9.83. The molecule has 3 N–H and O–H groups in total. The van der Waals surface area contributed by atoms with E-state index in [0.29, 0.717) is 0 Å². The number of nitrogens with two attached hydrogens (primary N) is 1. The van der Waals surface area contributed by atoms with Crippen LogP contribution in [-0.4, -0.2) is 11.6 Å². The molecular formula is C8H16N2O. The minimum absolute atomic E-state index is 0.0237. The Morgan fingerprint density at radius 3 is 2.36 bits per heavy atom. The summed E-state index contributed by atoms with van der Waals surface area (Å²) in [5.74, 6) is 0. The fourth-order valence-corrected chi connectivity index (χ4v) is 1.75. The molecule has 11 heavy (non-hydrogen) atoms. The van der Waals surface area contributed by atoms with Gasteiger partial charge in [0.25, 0.3) is 0 Å². The van der Waals surface area contributed by atoms with Gasteiger partial charge in [0.1, 0.15) is 0 Å². The fourth-order valence-electron chi connectivity index (χ4n) is 1.75. The molecule has 0 unspecified atom stereocenters. The summed E-state index contributed by atoms with van der Waals surface area (Å²) < 4.78 is 0. The van der Waals surface area contributed by atoms with Crippen LogP contribution in [0.25, 0.3) is 0 Å². The number of primary amides is 1. The van der Waals surface area contributed by atoms with E-state index in [1.165, 1.54) is 19.3 Å². The highest BCUT2D eigenvalue weighted by atomic mass is 16.2. The highest BCUT2D eigenvalue weighted by Crippen LogP contribution is 2.27. The van der Waals surface area contributed by atoms with Crippen LogP contribution in [0.5, 0.6) is 0 Å². The molecule has 0 atom stereocenters. The average Bonchev–Trinajstić information content (AvgIpc) is 1.85. The van der Waals surface area contributed by atoms with E-state index in [1.807, 2.05) is 0 Å². The van der Waals surface area contributed by atoms with Gasteiger partial charge in [-0.25, -0.2) is 4.79 Å². The van der Waals surface area contributed by atoms with Crippen LogP contribution in [0, 0.1) is 0 Å². The van der Waals surface area contributed by atoms with Gasteiger partial charge < -0.3 is 11.1 Å². The summed E-state index contributed by atoms with van der Waals surface area (Å²) in [6, 6.07) is -0.394. The molecule has 3 heteroatoms. The zero-order valence-electron chi connectivity index (χ0n) is 7.02. The summed E-state index contributed by atoms with van der Waals surface area (Å²) >= 11 is 0. The SMILES string of the molecule is CC1(NC(N)=O)CCCCC1. The van der Waals surface area contributed by atoms with Crippen LogP contribution in [-0.2, 0) is 0 Å². The zero-order chi connectivity index (χ0) is 8.32. The Morgan fingerprint density at radius 1 is 1.36 bits per heavy atom. The van der Waals surface area contributed by atoms with Crippen molar-refractivity contribution in [2.45, 2.75) is 44.6 Å². The minimum atomic E-state index is -0.394. The lowest BCUT2D eigenvalue weighted by molar-refractivity contribution is 0.218. The second kappa shape index (κ2) is 3.11. The molecule has 0 saturated heterocycles. The maximum atomic E-state index is 10.6. The predicted molar refractivity (Wildman–Crippen MR) is 44.2 cm³/mol. The van der Waals surface area contributed by atoms with Gasteiger partial charge in [0.15, 0.2) is 0 Å². The largest absolute Gasteiger partial charge is 0.352 e. The van der Waals surface area contributed by atoms with Gasteiger partial charge in [0.05, 0.1) is 0 Å². The maximum absolute atomic E-state index is 10.6. The second-order valence-electron chi connectivity index (χ2n) is 3.61. The van der Waals surface area contributed by atoms with Gasteiger partial charge >= 0.3 is 6.03 Å². The third-order valence-electron chi connectivity index (χ3n) is 2.38. The maximum Gasteiger partial charge on any atom is 0.312 e. The molecule has 1 saturated carbocycles. The number of rotatable bonds is 1. The van der Waals surface area contributed by atoms with E-state index in [0.717, 1.165) is 12.8 Å². The van der Waals surface area contributed by atoms with E-state index in [2.05, 4.69) is 12.2 Å². The van der Waals surface area contributed by atoms with E-state index in [1.54, 1.807) is 0 Å². The van der Waals surface area contributed by atoms with Crippen molar-refractivity contribution in [2.75, 3.05) is 0 Å². The number of nitrogens with one attached hydrogen (secondary N) is 1. The third-order valence-corrected chi connectivity index (χ3v) is 2.38. The molecule has 1 aliphatic carbocycles. The molecule has 0 spiro atoms. The number of urea groups is 1. The van der Waals surface area contributed by atoms with E-state index >= 15 is 0 Å². The molecule has 0 aliphatic heterocycles. The highest BCUT2D eigenvalue weighted by molar-refractivity contribution is 5.72. The van der Waals surface area contributed by atoms with Gasteiger partial charge in [-0.15, -0.1) is 0 Å². The Labute approximate surface area is 67.3 Å². The molecule has 64 valence electrons. The van der Waals surface area contributed by atoms with Gasteiger partial charge in [0, 0.05) is 5.54 Å². The zero-order valence-corrected chi connectivity index (χ0v) is 7.02. The van der Waals surface area contributed by atoms with Gasteiger partial charge in [-0.05, 0) is 19.8 Å². The number of carbonyl (C=O) groups excluding carboxylic acids is 1. The quantitative estimate of drug-likeness (QED) is 0.592. The summed E-state index contributed by atoms with van der Waals surface area (Å²) in [6.45, 7) is 2.07. The van der Waals surface area contributed by atoms with Crippen LogP contribution in [0.4, 0.5) is 4.79 Å². The minimum Gasteiger partial charge on any atom is -0.352 e. The molecular weight excluding hydrogens is 140 g/mol. The van der Waals surface area contributed by atoms with Gasteiger partial charge in [0.2, 0.25) is 0 Å². The van der Waals surface area contributed by atoms with Crippen LogP contribution in [0.2, 0.25) is 0 Å². The first kappa shape index (κ1) is 8.37.